The lowest BCUT2D eigenvalue weighted by Crippen LogP contribution is -2.25. The molecule has 2 saturated carbocycles. The van der Waals surface area contributed by atoms with E-state index in [4.69, 9.17) is 4.74 Å². The van der Waals surface area contributed by atoms with Crippen molar-refractivity contribution in [2.75, 3.05) is 5.32 Å². The number of halogens is 1. The van der Waals surface area contributed by atoms with Gasteiger partial charge in [0.25, 0.3) is 0 Å². The van der Waals surface area contributed by atoms with Crippen LogP contribution in [0.4, 0.5) is 10.1 Å². The number of pyridine rings is 1. The van der Waals surface area contributed by atoms with E-state index in [1.165, 1.54) is 12.1 Å². The molecule has 168 valence electrons. The fourth-order valence-electron chi connectivity index (χ4n) is 5.84. The number of anilines is 1. The monoisotopic (exact) mass is 443 g/mol. The number of hydrogen-bond acceptors (Lipinski definition) is 3. The Kier molecular flexibility index (Phi) is 4.64. The molecule has 2 fully saturated rings. The zero-order valence-electron chi connectivity index (χ0n) is 18.6. The molecule has 5 atom stereocenters. The van der Waals surface area contributed by atoms with E-state index in [-0.39, 0.29) is 23.7 Å². The second-order valence-electron chi connectivity index (χ2n) is 9.62. The first-order chi connectivity index (χ1) is 16.0. The molecule has 6 heteroatoms. The number of ether oxygens (including phenoxy) is 1. The number of aryl methyl sites for hydroxylation is 1. The van der Waals surface area contributed by atoms with Gasteiger partial charge in [-0.05, 0) is 85.4 Å². The van der Waals surface area contributed by atoms with Crippen LogP contribution in [0.15, 0.2) is 54.7 Å². The van der Waals surface area contributed by atoms with Crippen molar-refractivity contribution in [3.63, 3.8) is 0 Å². The lowest BCUT2D eigenvalue weighted by molar-refractivity contribution is -0.120. The molecular formula is C27H26FN3O2. The summed E-state index contributed by atoms with van der Waals surface area (Å²) in [6.07, 6.45) is 3.66. The van der Waals surface area contributed by atoms with Gasteiger partial charge in [0.05, 0.1) is 11.6 Å². The van der Waals surface area contributed by atoms with Gasteiger partial charge in [-0.2, -0.15) is 0 Å². The molecule has 2 aliphatic rings. The van der Waals surface area contributed by atoms with Crippen LogP contribution in [-0.2, 0) is 4.79 Å². The Morgan fingerprint density at radius 2 is 1.97 bits per heavy atom. The Hall–Kier alpha value is -3.41. The van der Waals surface area contributed by atoms with E-state index in [9.17, 15) is 9.18 Å². The summed E-state index contributed by atoms with van der Waals surface area (Å²) in [6.45, 7) is 4.06. The van der Waals surface area contributed by atoms with Crippen molar-refractivity contribution in [3.8, 4) is 5.75 Å². The maximum absolute atomic E-state index is 13.7. The van der Waals surface area contributed by atoms with Crippen molar-refractivity contribution in [2.24, 2.45) is 23.7 Å². The molecule has 4 aromatic rings. The summed E-state index contributed by atoms with van der Waals surface area (Å²) in [5, 5.41) is 4.95. The van der Waals surface area contributed by atoms with Gasteiger partial charge in [0, 0.05) is 34.4 Å². The van der Waals surface area contributed by atoms with Crippen LogP contribution in [0, 0.1) is 36.4 Å². The van der Waals surface area contributed by atoms with Gasteiger partial charge in [-0.25, -0.2) is 4.39 Å². The van der Waals surface area contributed by atoms with Gasteiger partial charge in [-0.1, -0.05) is 13.0 Å². The van der Waals surface area contributed by atoms with Gasteiger partial charge in [-0.15, -0.1) is 0 Å². The summed E-state index contributed by atoms with van der Waals surface area (Å²) in [5.41, 5.74) is 3.69. The van der Waals surface area contributed by atoms with Crippen LogP contribution >= 0.6 is 0 Å². The molecule has 1 amide bonds. The third-order valence-electron chi connectivity index (χ3n) is 7.44. The highest BCUT2D eigenvalue weighted by Gasteiger charge is 2.59. The van der Waals surface area contributed by atoms with E-state index in [0.717, 1.165) is 40.6 Å². The fourth-order valence-corrected chi connectivity index (χ4v) is 5.84. The molecule has 2 N–H and O–H groups in total. The van der Waals surface area contributed by atoms with Crippen LogP contribution in [0.5, 0.6) is 5.75 Å². The summed E-state index contributed by atoms with van der Waals surface area (Å²) in [5.74, 6) is 1.84. The topological polar surface area (TPSA) is 67.0 Å². The van der Waals surface area contributed by atoms with Crippen molar-refractivity contribution in [2.45, 2.75) is 32.8 Å². The number of rotatable bonds is 5. The van der Waals surface area contributed by atoms with Crippen LogP contribution in [0.3, 0.4) is 0 Å². The van der Waals surface area contributed by atoms with Crippen molar-refractivity contribution in [1.82, 2.24) is 9.97 Å². The normalized spacial score (nSPS) is 24.6. The zero-order valence-corrected chi connectivity index (χ0v) is 18.6. The van der Waals surface area contributed by atoms with Gasteiger partial charge in [-0.3, -0.25) is 9.78 Å². The lowest BCUT2D eigenvalue weighted by atomic mass is 9.97. The smallest absolute Gasteiger partial charge is 0.227 e. The van der Waals surface area contributed by atoms with Gasteiger partial charge in [0.2, 0.25) is 5.91 Å². The molecule has 33 heavy (non-hydrogen) atoms. The van der Waals surface area contributed by atoms with E-state index in [0.29, 0.717) is 28.9 Å². The van der Waals surface area contributed by atoms with Crippen LogP contribution < -0.4 is 10.1 Å². The number of carbonyl (C=O) groups is 1. The Morgan fingerprint density at radius 3 is 2.79 bits per heavy atom. The molecule has 6 rings (SSSR count). The number of nitrogens with zero attached hydrogens (tertiary/aromatic N) is 1. The van der Waals surface area contributed by atoms with Crippen molar-refractivity contribution in [1.29, 1.82) is 0 Å². The number of nitrogens with one attached hydrogen (secondary N) is 2. The largest absolute Gasteiger partial charge is 0.490 e. The zero-order chi connectivity index (χ0) is 22.7. The SMILES string of the molecule is Cc1cc2ccc(NC(=O)C(C)[C@H]3[C@@H]4C[C@@H](Oc5ccnc6ccc(F)cc56)C[C@@H]43)cc2[nH]1. The number of aromatic amines is 1. The van der Waals surface area contributed by atoms with Gasteiger partial charge in [0.1, 0.15) is 11.6 Å². The number of amides is 1. The van der Waals surface area contributed by atoms with E-state index in [1.54, 1.807) is 12.3 Å². The Balaban J connectivity index is 1.08. The van der Waals surface area contributed by atoms with Crippen LogP contribution in [-0.4, -0.2) is 22.0 Å². The van der Waals surface area contributed by atoms with E-state index in [1.807, 2.05) is 38.1 Å². The lowest BCUT2D eigenvalue weighted by Gasteiger charge is -2.20. The first kappa shape index (κ1) is 20.2. The summed E-state index contributed by atoms with van der Waals surface area (Å²) in [6, 6.07) is 14.5. The highest BCUT2D eigenvalue weighted by Crippen LogP contribution is 2.61. The number of benzene rings is 2. The molecule has 2 aromatic carbocycles. The summed E-state index contributed by atoms with van der Waals surface area (Å²) in [7, 11) is 0. The quantitative estimate of drug-likeness (QED) is 0.407. The molecule has 0 spiro atoms. The standard InChI is InChI=1S/C27H26FN3O2/c1-14-9-16-3-5-18(11-24(16)30-14)31-27(32)15(2)26-20-12-19(13-21(20)26)33-25-7-8-29-23-6-4-17(28)10-22(23)25/h3-11,15,19-21,26,30H,12-13H2,1-2H3,(H,31,32)/t15?,19-,20-,21+,26+. The average Bonchev–Trinajstić information content (AvgIpc) is 3.10. The fraction of sp³-hybridized carbons (Fsp3) is 0.333. The molecule has 2 heterocycles. The average molecular weight is 444 g/mol. The minimum Gasteiger partial charge on any atom is -0.490 e. The van der Waals surface area contributed by atoms with Crippen LogP contribution in [0.2, 0.25) is 0 Å². The molecule has 2 aliphatic carbocycles. The van der Waals surface area contributed by atoms with Crippen LogP contribution in [0.1, 0.15) is 25.5 Å². The predicted molar refractivity (Wildman–Crippen MR) is 127 cm³/mol. The Labute approximate surface area is 191 Å². The number of aromatic nitrogens is 2. The number of hydrogen-bond donors (Lipinski definition) is 2. The summed E-state index contributed by atoms with van der Waals surface area (Å²) in [4.78, 5) is 20.5. The first-order valence-electron chi connectivity index (χ1n) is 11.6. The maximum atomic E-state index is 13.7. The molecule has 5 nitrogen and oxygen atoms in total. The highest BCUT2D eigenvalue weighted by atomic mass is 19.1. The predicted octanol–water partition coefficient (Wildman–Crippen LogP) is 5.84. The van der Waals surface area contributed by atoms with Crippen molar-refractivity contribution < 1.29 is 13.9 Å². The van der Waals surface area contributed by atoms with Gasteiger partial charge < -0.3 is 15.0 Å². The Bertz CT molecular complexity index is 1370. The molecule has 0 bridgehead atoms. The number of carbonyl (C=O) groups excluding carboxylic acids is 1. The van der Waals surface area contributed by atoms with Crippen LogP contribution in [0.25, 0.3) is 21.8 Å². The highest BCUT2D eigenvalue weighted by molar-refractivity contribution is 5.95. The molecule has 0 saturated heterocycles. The minimum absolute atomic E-state index is 0.0436. The first-order valence-corrected chi connectivity index (χ1v) is 11.6. The second-order valence-corrected chi connectivity index (χ2v) is 9.62. The van der Waals surface area contributed by atoms with Gasteiger partial charge >= 0.3 is 0 Å². The second kappa shape index (κ2) is 7.58. The molecule has 1 unspecified atom stereocenters. The third-order valence-corrected chi connectivity index (χ3v) is 7.44. The maximum Gasteiger partial charge on any atom is 0.227 e. The molecular weight excluding hydrogens is 417 g/mol. The minimum atomic E-state index is -0.292. The van der Waals surface area contributed by atoms with Crippen molar-refractivity contribution in [3.05, 3.63) is 66.2 Å². The number of fused-ring (bicyclic) bond motifs is 3. The Morgan fingerprint density at radius 1 is 1.15 bits per heavy atom. The third kappa shape index (κ3) is 3.63. The summed E-state index contributed by atoms with van der Waals surface area (Å²) >= 11 is 0. The van der Waals surface area contributed by atoms with Crippen molar-refractivity contribution >= 4 is 33.4 Å². The summed E-state index contributed by atoms with van der Waals surface area (Å²) < 4.78 is 20.0. The van der Waals surface area contributed by atoms with E-state index in [2.05, 4.69) is 21.4 Å². The van der Waals surface area contributed by atoms with Gasteiger partial charge in [0.15, 0.2) is 0 Å². The molecule has 0 aliphatic heterocycles. The van der Waals surface area contributed by atoms with E-state index >= 15 is 0 Å². The van der Waals surface area contributed by atoms with E-state index < -0.39 is 0 Å². The number of H-pyrrole nitrogens is 1. The molecule has 0 radical (unpaired) electrons. The molecule has 2 aromatic heterocycles.